The topological polar surface area (TPSA) is 42.4 Å². The first kappa shape index (κ1) is 12.8. The quantitative estimate of drug-likeness (QED) is 0.761. The second kappa shape index (κ2) is 6.31. The molecule has 2 rings (SSSR count). The molecule has 2 heterocycles. The monoisotopic (exact) mass is 246 g/mol. The highest BCUT2D eigenvalue weighted by Gasteiger charge is 2.11. The Morgan fingerprint density at radius 2 is 2.22 bits per heavy atom. The van der Waals surface area contributed by atoms with E-state index in [-0.39, 0.29) is 5.78 Å². The molecule has 0 spiro atoms. The van der Waals surface area contributed by atoms with Crippen molar-refractivity contribution in [2.24, 2.45) is 0 Å². The molecule has 0 aliphatic carbocycles. The molecule has 0 amide bonds. The Morgan fingerprint density at radius 1 is 1.44 bits per heavy atom. The molecular formula is C14H18N2O2. The van der Waals surface area contributed by atoms with Crippen LogP contribution >= 0.6 is 0 Å². The van der Waals surface area contributed by atoms with E-state index in [0.29, 0.717) is 6.42 Å². The average molecular weight is 246 g/mol. The highest BCUT2D eigenvalue weighted by atomic mass is 16.5. The van der Waals surface area contributed by atoms with Gasteiger partial charge in [-0.2, -0.15) is 0 Å². The molecule has 1 fully saturated rings. The van der Waals surface area contributed by atoms with E-state index in [2.05, 4.69) is 9.88 Å². The Balaban J connectivity index is 2.00. The maximum atomic E-state index is 11.2. The second-order valence-electron chi connectivity index (χ2n) is 4.20. The fourth-order valence-electron chi connectivity index (χ4n) is 1.78. The summed E-state index contributed by atoms with van der Waals surface area (Å²) in [5.74, 6) is 1.10. The van der Waals surface area contributed by atoms with Crippen LogP contribution in [0.25, 0.3) is 6.08 Å². The van der Waals surface area contributed by atoms with Crippen molar-refractivity contribution in [1.82, 2.24) is 4.98 Å². The molecule has 96 valence electrons. The van der Waals surface area contributed by atoms with E-state index >= 15 is 0 Å². The zero-order valence-electron chi connectivity index (χ0n) is 10.6. The Labute approximate surface area is 107 Å². The minimum absolute atomic E-state index is 0.132. The summed E-state index contributed by atoms with van der Waals surface area (Å²) in [6.07, 6.45) is 5.74. The maximum Gasteiger partial charge on any atom is 0.155 e. The van der Waals surface area contributed by atoms with E-state index < -0.39 is 0 Å². The number of carbonyl (C=O) groups is 1. The fourth-order valence-corrected chi connectivity index (χ4v) is 1.78. The van der Waals surface area contributed by atoms with Crippen LogP contribution in [0.15, 0.2) is 24.4 Å². The van der Waals surface area contributed by atoms with Crippen LogP contribution < -0.4 is 4.90 Å². The van der Waals surface area contributed by atoms with Gasteiger partial charge in [0.25, 0.3) is 0 Å². The highest BCUT2D eigenvalue weighted by molar-refractivity contribution is 5.93. The number of nitrogens with zero attached hydrogens (tertiary/aromatic N) is 2. The molecule has 0 unspecified atom stereocenters. The van der Waals surface area contributed by atoms with Crippen LogP contribution in [0.4, 0.5) is 5.82 Å². The van der Waals surface area contributed by atoms with Gasteiger partial charge in [-0.25, -0.2) is 4.98 Å². The van der Waals surface area contributed by atoms with Crippen LogP contribution in [0.2, 0.25) is 0 Å². The van der Waals surface area contributed by atoms with E-state index in [1.807, 2.05) is 25.1 Å². The molecule has 0 atom stereocenters. The van der Waals surface area contributed by atoms with Gasteiger partial charge in [0.05, 0.1) is 13.2 Å². The summed E-state index contributed by atoms with van der Waals surface area (Å²) < 4.78 is 5.30. The van der Waals surface area contributed by atoms with Gasteiger partial charge in [-0.05, 0) is 29.8 Å². The third kappa shape index (κ3) is 3.40. The lowest BCUT2D eigenvalue weighted by Crippen LogP contribution is -2.36. The van der Waals surface area contributed by atoms with Crippen LogP contribution in [-0.2, 0) is 9.53 Å². The van der Waals surface area contributed by atoms with Crippen molar-refractivity contribution in [3.8, 4) is 0 Å². The van der Waals surface area contributed by atoms with Crippen LogP contribution in [0.5, 0.6) is 0 Å². The van der Waals surface area contributed by atoms with E-state index in [0.717, 1.165) is 37.7 Å². The zero-order chi connectivity index (χ0) is 12.8. The number of hydrogen-bond donors (Lipinski definition) is 0. The molecule has 0 saturated carbocycles. The summed E-state index contributed by atoms with van der Waals surface area (Å²) in [6, 6.07) is 3.97. The van der Waals surface area contributed by atoms with Gasteiger partial charge in [0.1, 0.15) is 5.82 Å². The number of hydrogen-bond acceptors (Lipinski definition) is 4. The Bertz CT molecular complexity index is 420. The largest absolute Gasteiger partial charge is 0.378 e. The number of ketones is 1. The predicted molar refractivity (Wildman–Crippen MR) is 71.6 cm³/mol. The first-order valence-electron chi connectivity index (χ1n) is 6.29. The number of morpholine rings is 1. The Hall–Kier alpha value is -1.68. The standard InChI is InChI=1S/C14H18N2O2/c1-2-13(17)5-3-12-4-6-14(15-11-12)16-7-9-18-10-8-16/h3-6,11H,2,7-10H2,1H3. The lowest BCUT2D eigenvalue weighted by atomic mass is 10.2. The summed E-state index contributed by atoms with van der Waals surface area (Å²) in [6.45, 7) is 5.14. The molecule has 1 aliphatic rings. The highest BCUT2D eigenvalue weighted by Crippen LogP contribution is 2.13. The van der Waals surface area contributed by atoms with Gasteiger partial charge in [0, 0.05) is 25.7 Å². The Kier molecular flexibility index (Phi) is 4.47. The minimum Gasteiger partial charge on any atom is -0.378 e. The fraction of sp³-hybridized carbons (Fsp3) is 0.429. The molecule has 1 aromatic heterocycles. The van der Waals surface area contributed by atoms with Gasteiger partial charge >= 0.3 is 0 Å². The summed E-state index contributed by atoms with van der Waals surface area (Å²) in [7, 11) is 0. The average Bonchev–Trinajstić information content (AvgIpc) is 2.46. The molecule has 0 N–H and O–H groups in total. The van der Waals surface area contributed by atoms with Gasteiger partial charge in [-0.15, -0.1) is 0 Å². The lowest BCUT2D eigenvalue weighted by Gasteiger charge is -2.27. The van der Waals surface area contributed by atoms with Gasteiger partial charge < -0.3 is 9.64 Å². The third-order valence-electron chi connectivity index (χ3n) is 2.92. The number of carbonyl (C=O) groups excluding carboxylic acids is 1. The summed E-state index contributed by atoms with van der Waals surface area (Å²) in [5.41, 5.74) is 0.953. The van der Waals surface area contributed by atoms with Crippen molar-refractivity contribution >= 4 is 17.7 Å². The van der Waals surface area contributed by atoms with E-state index in [9.17, 15) is 4.79 Å². The molecule has 4 nitrogen and oxygen atoms in total. The van der Waals surface area contributed by atoms with Gasteiger partial charge in [-0.3, -0.25) is 4.79 Å². The summed E-state index contributed by atoms with van der Waals surface area (Å²) in [5, 5.41) is 0. The van der Waals surface area contributed by atoms with E-state index in [1.54, 1.807) is 12.3 Å². The van der Waals surface area contributed by atoms with Crippen molar-refractivity contribution in [2.75, 3.05) is 31.2 Å². The van der Waals surface area contributed by atoms with Gasteiger partial charge in [0.15, 0.2) is 5.78 Å². The van der Waals surface area contributed by atoms with Crippen LogP contribution in [-0.4, -0.2) is 37.1 Å². The predicted octanol–water partition coefficient (Wildman–Crippen LogP) is 1.91. The number of rotatable bonds is 4. The third-order valence-corrected chi connectivity index (χ3v) is 2.92. The molecule has 1 saturated heterocycles. The van der Waals surface area contributed by atoms with Crippen LogP contribution in [0.3, 0.4) is 0 Å². The zero-order valence-corrected chi connectivity index (χ0v) is 10.6. The molecular weight excluding hydrogens is 228 g/mol. The number of ether oxygens (including phenoxy) is 1. The van der Waals surface area contributed by atoms with Crippen molar-refractivity contribution in [2.45, 2.75) is 13.3 Å². The minimum atomic E-state index is 0.132. The lowest BCUT2D eigenvalue weighted by molar-refractivity contribution is -0.114. The van der Waals surface area contributed by atoms with Gasteiger partial charge in [0.2, 0.25) is 0 Å². The van der Waals surface area contributed by atoms with Crippen molar-refractivity contribution < 1.29 is 9.53 Å². The van der Waals surface area contributed by atoms with E-state index in [4.69, 9.17) is 4.74 Å². The maximum absolute atomic E-state index is 11.2. The number of allylic oxidation sites excluding steroid dienone is 1. The van der Waals surface area contributed by atoms with E-state index in [1.165, 1.54) is 0 Å². The Morgan fingerprint density at radius 3 is 2.83 bits per heavy atom. The molecule has 4 heteroatoms. The van der Waals surface area contributed by atoms with Gasteiger partial charge in [-0.1, -0.05) is 6.92 Å². The van der Waals surface area contributed by atoms with Crippen LogP contribution in [0, 0.1) is 0 Å². The summed E-state index contributed by atoms with van der Waals surface area (Å²) >= 11 is 0. The molecule has 0 bridgehead atoms. The second-order valence-corrected chi connectivity index (χ2v) is 4.20. The first-order valence-corrected chi connectivity index (χ1v) is 6.29. The molecule has 0 radical (unpaired) electrons. The number of anilines is 1. The molecule has 18 heavy (non-hydrogen) atoms. The smallest absolute Gasteiger partial charge is 0.155 e. The van der Waals surface area contributed by atoms with Crippen molar-refractivity contribution in [3.63, 3.8) is 0 Å². The summed E-state index contributed by atoms with van der Waals surface area (Å²) in [4.78, 5) is 17.8. The molecule has 0 aromatic carbocycles. The number of aromatic nitrogens is 1. The van der Waals surface area contributed by atoms with Crippen molar-refractivity contribution in [1.29, 1.82) is 0 Å². The molecule has 1 aliphatic heterocycles. The first-order chi connectivity index (χ1) is 8.79. The molecule has 1 aromatic rings. The van der Waals surface area contributed by atoms with Crippen LogP contribution in [0.1, 0.15) is 18.9 Å². The normalized spacial score (nSPS) is 16.2. The van der Waals surface area contributed by atoms with Crippen molar-refractivity contribution in [3.05, 3.63) is 30.0 Å². The number of pyridine rings is 1. The SMILES string of the molecule is CCC(=O)C=Cc1ccc(N2CCOCC2)nc1.